The Hall–Kier alpha value is -1.34. The maximum Gasteiger partial charge on any atom is 0.291 e. The first kappa shape index (κ1) is 20.7. The van der Waals surface area contributed by atoms with Crippen molar-refractivity contribution >= 4 is 35.1 Å². The van der Waals surface area contributed by atoms with Crippen molar-refractivity contribution in [2.45, 2.75) is 13.3 Å². The van der Waals surface area contributed by atoms with Crippen LogP contribution in [0, 0.1) is 0 Å². The van der Waals surface area contributed by atoms with Gasteiger partial charge in [-0.25, -0.2) is 4.99 Å². The minimum atomic E-state index is -0.379. The highest BCUT2D eigenvalue weighted by Crippen LogP contribution is 2.22. The predicted octanol–water partition coefficient (Wildman–Crippen LogP) is 3.17. The van der Waals surface area contributed by atoms with Crippen LogP contribution in [0.25, 0.3) is 0 Å². The van der Waals surface area contributed by atoms with Crippen molar-refractivity contribution in [2.24, 2.45) is 4.99 Å². The van der Waals surface area contributed by atoms with E-state index in [0.29, 0.717) is 48.6 Å². The Bertz CT molecular complexity index is 553. The average Bonchev–Trinajstić information content (AvgIpc) is 2.57. The van der Waals surface area contributed by atoms with Crippen molar-refractivity contribution in [3.63, 3.8) is 0 Å². The molecule has 1 rings (SSSR count). The van der Waals surface area contributed by atoms with Crippen LogP contribution in [-0.2, 0) is 14.2 Å². The standard InChI is InChI=1S/C16H22Cl2N2O4/c1-3-23-9-10-24-16(19-7-4-8-22-2)20-15(21)12-5-6-13(17)14(18)11-12/h5-6,11H,3-4,7-10H2,1-2H3,(H,19,20,21). The van der Waals surface area contributed by atoms with Crippen LogP contribution in [0.1, 0.15) is 23.7 Å². The third kappa shape index (κ3) is 7.97. The smallest absolute Gasteiger partial charge is 0.291 e. The van der Waals surface area contributed by atoms with Crippen LogP contribution in [0.2, 0.25) is 10.0 Å². The fourth-order valence-electron chi connectivity index (χ4n) is 1.66. The Morgan fingerprint density at radius 1 is 1.21 bits per heavy atom. The monoisotopic (exact) mass is 376 g/mol. The largest absolute Gasteiger partial charge is 0.463 e. The number of nitrogens with one attached hydrogen (secondary N) is 1. The predicted molar refractivity (Wildman–Crippen MR) is 95.2 cm³/mol. The van der Waals surface area contributed by atoms with Crippen molar-refractivity contribution in [3.8, 4) is 0 Å². The highest BCUT2D eigenvalue weighted by molar-refractivity contribution is 6.42. The molecule has 24 heavy (non-hydrogen) atoms. The molecule has 6 nitrogen and oxygen atoms in total. The molecule has 1 N–H and O–H groups in total. The van der Waals surface area contributed by atoms with E-state index in [1.165, 1.54) is 6.07 Å². The molecule has 0 aromatic heterocycles. The molecule has 0 saturated heterocycles. The molecular formula is C16H22Cl2N2O4. The Morgan fingerprint density at radius 3 is 2.67 bits per heavy atom. The van der Waals surface area contributed by atoms with Gasteiger partial charge in [-0.3, -0.25) is 10.1 Å². The minimum absolute atomic E-state index is 0.141. The highest BCUT2D eigenvalue weighted by Gasteiger charge is 2.11. The van der Waals surface area contributed by atoms with Gasteiger partial charge in [0.05, 0.1) is 16.7 Å². The number of halogens is 2. The molecule has 1 aromatic rings. The molecule has 0 fully saturated rings. The Morgan fingerprint density at radius 2 is 2.00 bits per heavy atom. The number of aliphatic imine (C=N–C) groups is 1. The summed E-state index contributed by atoms with van der Waals surface area (Å²) >= 11 is 11.8. The number of hydrogen-bond acceptors (Lipinski definition) is 5. The zero-order valence-electron chi connectivity index (χ0n) is 13.8. The summed E-state index contributed by atoms with van der Waals surface area (Å²) in [5.41, 5.74) is 0.363. The van der Waals surface area contributed by atoms with Crippen LogP contribution >= 0.6 is 23.2 Å². The van der Waals surface area contributed by atoms with Gasteiger partial charge in [0, 0.05) is 32.4 Å². The SMILES string of the molecule is CCOCCOC(=NCCCOC)NC(=O)c1ccc(Cl)c(Cl)c1. The van der Waals surface area contributed by atoms with Crippen molar-refractivity contribution in [1.82, 2.24) is 5.32 Å². The lowest BCUT2D eigenvalue weighted by atomic mass is 10.2. The van der Waals surface area contributed by atoms with E-state index in [2.05, 4.69) is 10.3 Å². The lowest BCUT2D eigenvalue weighted by molar-refractivity contribution is 0.0922. The number of rotatable bonds is 9. The lowest BCUT2D eigenvalue weighted by Crippen LogP contribution is -2.33. The Labute approximate surface area is 152 Å². The molecule has 0 aliphatic heterocycles. The zero-order valence-corrected chi connectivity index (χ0v) is 15.3. The molecule has 8 heteroatoms. The molecule has 0 spiro atoms. The average molecular weight is 377 g/mol. The maximum absolute atomic E-state index is 12.3. The van der Waals surface area contributed by atoms with Gasteiger partial charge in [0.25, 0.3) is 11.9 Å². The Kier molecular flexibility index (Phi) is 10.4. The van der Waals surface area contributed by atoms with Crippen molar-refractivity contribution in [2.75, 3.05) is 40.1 Å². The zero-order chi connectivity index (χ0) is 17.8. The number of carbonyl (C=O) groups is 1. The number of amides is 1. The molecule has 0 atom stereocenters. The first-order valence-corrected chi connectivity index (χ1v) is 8.34. The van der Waals surface area contributed by atoms with Crippen LogP contribution in [0.4, 0.5) is 0 Å². The van der Waals surface area contributed by atoms with Crippen LogP contribution in [-0.4, -0.2) is 52.0 Å². The maximum atomic E-state index is 12.3. The van der Waals surface area contributed by atoms with Gasteiger partial charge in [-0.15, -0.1) is 0 Å². The summed E-state index contributed by atoms with van der Waals surface area (Å²) < 4.78 is 15.6. The highest BCUT2D eigenvalue weighted by atomic mass is 35.5. The number of benzene rings is 1. The number of hydrogen-bond donors (Lipinski definition) is 1. The molecule has 134 valence electrons. The second-order valence-electron chi connectivity index (χ2n) is 4.66. The quantitative estimate of drug-likeness (QED) is 0.408. The van der Waals surface area contributed by atoms with E-state index in [4.69, 9.17) is 37.4 Å². The second-order valence-corrected chi connectivity index (χ2v) is 5.48. The van der Waals surface area contributed by atoms with Gasteiger partial charge in [0.15, 0.2) is 0 Å². The van der Waals surface area contributed by atoms with Crippen molar-refractivity contribution in [3.05, 3.63) is 33.8 Å². The first-order chi connectivity index (χ1) is 11.6. The van der Waals surface area contributed by atoms with E-state index in [1.807, 2.05) is 6.92 Å². The van der Waals surface area contributed by atoms with Gasteiger partial charge in [-0.2, -0.15) is 0 Å². The van der Waals surface area contributed by atoms with Gasteiger partial charge >= 0.3 is 0 Å². The summed E-state index contributed by atoms with van der Waals surface area (Å²) in [6.45, 7) is 4.25. The summed E-state index contributed by atoms with van der Waals surface area (Å²) in [6, 6.07) is 4.76. The molecule has 0 aliphatic carbocycles. The van der Waals surface area contributed by atoms with E-state index >= 15 is 0 Å². The molecule has 1 aromatic carbocycles. The fraction of sp³-hybridized carbons (Fsp3) is 0.500. The van der Waals surface area contributed by atoms with Gasteiger partial charge in [-0.05, 0) is 31.5 Å². The van der Waals surface area contributed by atoms with E-state index in [-0.39, 0.29) is 11.9 Å². The molecule has 0 bridgehead atoms. The number of amidine groups is 1. The lowest BCUT2D eigenvalue weighted by Gasteiger charge is -2.11. The van der Waals surface area contributed by atoms with E-state index in [9.17, 15) is 4.79 Å². The van der Waals surface area contributed by atoms with Gasteiger partial charge < -0.3 is 14.2 Å². The molecule has 0 unspecified atom stereocenters. The molecular weight excluding hydrogens is 355 g/mol. The van der Waals surface area contributed by atoms with E-state index in [0.717, 1.165) is 6.42 Å². The summed E-state index contributed by atoms with van der Waals surface area (Å²) in [5.74, 6) is -0.379. The Balaban J connectivity index is 2.66. The van der Waals surface area contributed by atoms with E-state index in [1.54, 1.807) is 19.2 Å². The van der Waals surface area contributed by atoms with Crippen molar-refractivity contribution < 1.29 is 19.0 Å². The summed E-state index contributed by atoms with van der Waals surface area (Å²) in [4.78, 5) is 16.5. The van der Waals surface area contributed by atoms with Gasteiger partial charge in [0.2, 0.25) is 0 Å². The van der Waals surface area contributed by atoms with Gasteiger partial charge in [0.1, 0.15) is 6.61 Å². The molecule has 0 radical (unpaired) electrons. The molecule has 0 heterocycles. The van der Waals surface area contributed by atoms with Crippen LogP contribution in [0.15, 0.2) is 23.2 Å². The van der Waals surface area contributed by atoms with Crippen LogP contribution in [0.5, 0.6) is 0 Å². The molecule has 1 amide bonds. The summed E-state index contributed by atoms with van der Waals surface area (Å²) in [7, 11) is 1.62. The van der Waals surface area contributed by atoms with Gasteiger partial charge in [-0.1, -0.05) is 23.2 Å². The molecule has 0 aliphatic rings. The molecule has 0 saturated carbocycles. The van der Waals surface area contributed by atoms with E-state index < -0.39 is 0 Å². The summed E-state index contributed by atoms with van der Waals surface area (Å²) in [5, 5.41) is 3.31. The van der Waals surface area contributed by atoms with Crippen LogP contribution in [0.3, 0.4) is 0 Å². The van der Waals surface area contributed by atoms with Crippen LogP contribution < -0.4 is 5.32 Å². The third-order valence-electron chi connectivity index (χ3n) is 2.83. The second kappa shape index (κ2) is 12.1. The fourth-order valence-corrected chi connectivity index (χ4v) is 1.96. The summed E-state index contributed by atoms with van der Waals surface area (Å²) in [6.07, 6.45) is 0.720. The minimum Gasteiger partial charge on any atom is -0.463 e. The van der Waals surface area contributed by atoms with Crippen molar-refractivity contribution in [1.29, 1.82) is 0 Å². The third-order valence-corrected chi connectivity index (χ3v) is 3.57. The normalized spacial score (nSPS) is 11.4. The number of carbonyl (C=O) groups excluding carboxylic acids is 1. The first-order valence-electron chi connectivity index (χ1n) is 7.58. The topological polar surface area (TPSA) is 69.2 Å². The number of nitrogens with zero attached hydrogens (tertiary/aromatic N) is 1. The number of methoxy groups -OCH3 is 1. The number of ether oxygens (including phenoxy) is 3.